The van der Waals surface area contributed by atoms with E-state index in [9.17, 15) is 22.0 Å². The maximum atomic E-state index is 13.0. The van der Waals surface area contributed by atoms with E-state index in [4.69, 9.17) is 17.3 Å². The van der Waals surface area contributed by atoms with Crippen LogP contribution in [0.3, 0.4) is 0 Å². The Labute approximate surface area is 99.4 Å². The number of hydrogen-bond acceptors (Lipinski definition) is 1. The third-order valence-electron chi connectivity index (χ3n) is 2.13. The molecule has 1 aromatic carbocycles. The zero-order chi connectivity index (χ0) is 13.3. The van der Waals surface area contributed by atoms with Crippen molar-refractivity contribution in [3.8, 4) is 0 Å². The lowest BCUT2D eigenvalue weighted by Crippen LogP contribution is -2.31. The highest BCUT2D eigenvalue weighted by Crippen LogP contribution is 2.35. The van der Waals surface area contributed by atoms with Gasteiger partial charge in [0.2, 0.25) is 0 Å². The van der Waals surface area contributed by atoms with Gasteiger partial charge in [0.15, 0.2) is 0 Å². The van der Waals surface area contributed by atoms with E-state index < -0.39 is 36.2 Å². The molecule has 0 aliphatic carbocycles. The van der Waals surface area contributed by atoms with Gasteiger partial charge in [-0.05, 0) is 17.7 Å². The van der Waals surface area contributed by atoms with Gasteiger partial charge in [-0.2, -0.15) is 13.2 Å². The average molecular weight is 274 g/mol. The summed E-state index contributed by atoms with van der Waals surface area (Å²) < 4.78 is 63.7. The summed E-state index contributed by atoms with van der Waals surface area (Å²) in [4.78, 5) is 0. The molecule has 96 valence electrons. The van der Waals surface area contributed by atoms with Gasteiger partial charge in [0.05, 0.1) is 12.1 Å². The molecule has 0 aliphatic heterocycles. The minimum absolute atomic E-state index is 0.155. The van der Waals surface area contributed by atoms with Crippen molar-refractivity contribution in [2.75, 3.05) is 6.54 Å². The fourth-order valence-corrected chi connectivity index (χ4v) is 1.49. The lowest BCUT2D eigenvalue weighted by atomic mass is 10.0. The first kappa shape index (κ1) is 14.2. The third kappa shape index (κ3) is 3.81. The van der Waals surface area contributed by atoms with Gasteiger partial charge in [-0.25, -0.2) is 8.78 Å². The summed E-state index contributed by atoms with van der Waals surface area (Å²) in [7, 11) is 0. The predicted molar refractivity (Wildman–Crippen MR) is 54.2 cm³/mol. The molecular weight excluding hydrogens is 265 g/mol. The molecule has 0 heterocycles. The van der Waals surface area contributed by atoms with Gasteiger partial charge in [0.1, 0.15) is 0 Å². The van der Waals surface area contributed by atoms with Crippen molar-refractivity contribution in [1.29, 1.82) is 0 Å². The first-order valence-corrected chi connectivity index (χ1v) is 4.97. The van der Waals surface area contributed by atoms with Crippen molar-refractivity contribution in [2.45, 2.75) is 18.5 Å². The van der Waals surface area contributed by atoms with Gasteiger partial charge in [0, 0.05) is 11.4 Å². The number of halogens is 6. The predicted octanol–water partition coefficient (Wildman–Crippen LogP) is 3.50. The molecule has 0 radical (unpaired) electrons. The highest BCUT2D eigenvalue weighted by Gasteiger charge is 2.37. The van der Waals surface area contributed by atoms with Gasteiger partial charge in [-0.1, -0.05) is 17.7 Å². The van der Waals surface area contributed by atoms with Crippen LogP contribution in [0.4, 0.5) is 22.0 Å². The van der Waals surface area contributed by atoms with E-state index in [2.05, 4.69) is 0 Å². The Kier molecular flexibility index (Phi) is 3.99. The van der Waals surface area contributed by atoms with Crippen LogP contribution >= 0.6 is 11.6 Å². The summed E-state index contributed by atoms with van der Waals surface area (Å²) in [6, 6.07) is 2.71. The molecule has 0 saturated carbocycles. The lowest BCUT2D eigenvalue weighted by molar-refractivity contribution is -0.138. The van der Waals surface area contributed by atoms with Crippen LogP contribution in [0.2, 0.25) is 5.02 Å². The molecule has 0 spiro atoms. The monoisotopic (exact) mass is 273 g/mol. The highest BCUT2D eigenvalue weighted by atomic mass is 35.5. The Hall–Kier alpha value is -0.880. The largest absolute Gasteiger partial charge is 0.416 e. The molecule has 1 nitrogen and oxygen atoms in total. The molecule has 1 rings (SSSR count). The van der Waals surface area contributed by atoms with Crippen LogP contribution in [-0.2, 0) is 12.6 Å². The molecule has 2 N–H and O–H groups in total. The topological polar surface area (TPSA) is 26.0 Å². The van der Waals surface area contributed by atoms with E-state index in [1.54, 1.807) is 0 Å². The fraction of sp³-hybridized carbons (Fsp3) is 0.400. The first-order chi connectivity index (χ1) is 7.65. The molecular formula is C10H9ClF5N. The zero-order valence-electron chi connectivity index (χ0n) is 8.49. The van der Waals surface area contributed by atoms with Crippen LogP contribution in [0.15, 0.2) is 18.2 Å². The zero-order valence-corrected chi connectivity index (χ0v) is 9.25. The Bertz CT molecular complexity index is 402. The lowest BCUT2D eigenvalue weighted by Gasteiger charge is -2.18. The highest BCUT2D eigenvalue weighted by molar-refractivity contribution is 6.30. The van der Waals surface area contributed by atoms with Crippen LogP contribution in [0.5, 0.6) is 0 Å². The van der Waals surface area contributed by atoms with E-state index in [1.165, 1.54) is 0 Å². The van der Waals surface area contributed by atoms with E-state index in [1.807, 2.05) is 0 Å². The number of nitrogens with two attached hydrogens (primary N) is 1. The average Bonchev–Trinajstić information content (AvgIpc) is 2.19. The molecule has 0 aromatic heterocycles. The maximum absolute atomic E-state index is 13.0. The van der Waals surface area contributed by atoms with E-state index in [0.717, 1.165) is 12.1 Å². The van der Waals surface area contributed by atoms with E-state index in [-0.39, 0.29) is 5.02 Å². The van der Waals surface area contributed by atoms with Crippen LogP contribution in [0.25, 0.3) is 0 Å². The molecule has 0 atom stereocenters. The maximum Gasteiger partial charge on any atom is 0.416 e. The number of alkyl halides is 5. The smallest absolute Gasteiger partial charge is 0.325 e. The first-order valence-electron chi connectivity index (χ1n) is 4.59. The minimum atomic E-state index is -4.72. The third-order valence-corrected chi connectivity index (χ3v) is 2.36. The molecule has 1 aromatic rings. The summed E-state index contributed by atoms with van der Waals surface area (Å²) >= 11 is 5.42. The standard InChI is InChI=1S/C10H9ClF5N/c11-7-2-1-6(4-9(12,13)5-17)8(3-7)10(14,15)16/h1-3H,4-5,17H2. The molecule has 17 heavy (non-hydrogen) atoms. The van der Waals surface area contributed by atoms with Gasteiger partial charge in [0.25, 0.3) is 5.92 Å². The molecule has 7 heteroatoms. The Morgan fingerprint density at radius 3 is 2.18 bits per heavy atom. The number of rotatable bonds is 3. The van der Waals surface area contributed by atoms with Crippen molar-refractivity contribution in [3.05, 3.63) is 34.3 Å². The molecule has 0 fully saturated rings. The summed E-state index contributed by atoms with van der Waals surface area (Å²) in [5, 5.41) is -0.155. The summed E-state index contributed by atoms with van der Waals surface area (Å²) in [6.07, 6.45) is -5.78. The summed E-state index contributed by atoms with van der Waals surface area (Å²) in [5.41, 5.74) is 3.11. The molecule has 0 amide bonds. The quantitative estimate of drug-likeness (QED) is 0.838. The fourth-order valence-electron chi connectivity index (χ4n) is 1.32. The minimum Gasteiger partial charge on any atom is -0.325 e. The van der Waals surface area contributed by atoms with Crippen molar-refractivity contribution < 1.29 is 22.0 Å². The molecule has 0 saturated heterocycles. The van der Waals surface area contributed by atoms with E-state index >= 15 is 0 Å². The van der Waals surface area contributed by atoms with Crippen LogP contribution in [0.1, 0.15) is 11.1 Å². The SMILES string of the molecule is NCC(F)(F)Cc1ccc(Cl)cc1C(F)(F)F. The van der Waals surface area contributed by atoms with Gasteiger partial charge >= 0.3 is 6.18 Å². The Balaban J connectivity index is 3.16. The van der Waals surface area contributed by atoms with Crippen molar-refractivity contribution >= 4 is 11.6 Å². The van der Waals surface area contributed by atoms with Crippen molar-refractivity contribution in [2.24, 2.45) is 5.73 Å². The van der Waals surface area contributed by atoms with Crippen molar-refractivity contribution in [3.63, 3.8) is 0 Å². The second kappa shape index (κ2) is 4.78. The van der Waals surface area contributed by atoms with Crippen LogP contribution < -0.4 is 5.73 Å². The Morgan fingerprint density at radius 2 is 1.71 bits per heavy atom. The Morgan fingerprint density at radius 1 is 1.12 bits per heavy atom. The van der Waals surface area contributed by atoms with Crippen LogP contribution in [-0.4, -0.2) is 12.5 Å². The molecule has 0 unspecified atom stereocenters. The normalized spacial score (nSPS) is 12.9. The second-order valence-corrected chi connectivity index (χ2v) is 3.97. The second-order valence-electron chi connectivity index (χ2n) is 3.54. The van der Waals surface area contributed by atoms with Crippen molar-refractivity contribution in [1.82, 2.24) is 0 Å². The number of benzene rings is 1. The van der Waals surface area contributed by atoms with Gasteiger partial charge in [-0.15, -0.1) is 0 Å². The number of hydrogen-bond donors (Lipinski definition) is 1. The summed E-state index contributed by atoms with van der Waals surface area (Å²) in [6.45, 7) is -1.01. The van der Waals surface area contributed by atoms with Crippen LogP contribution in [0, 0.1) is 0 Å². The van der Waals surface area contributed by atoms with Gasteiger partial charge in [-0.3, -0.25) is 0 Å². The molecule has 0 bridgehead atoms. The van der Waals surface area contributed by atoms with E-state index in [0.29, 0.717) is 6.07 Å². The van der Waals surface area contributed by atoms with Gasteiger partial charge < -0.3 is 5.73 Å². The summed E-state index contributed by atoms with van der Waals surface area (Å²) in [5.74, 6) is -3.37. The molecule has 0 aliphatic rings.